The molecule has 6 heteroatoms. The molecular weight excluding hydrogens is 305 g/mol. The fourth-order valence-corrected chi connectivity index (χ4v) is 1.63. The van der Waals surface area contributed by atoms with Gasteiger partial charge in [-0.15, -0.1) is 0 Å². The molecule has 92 valence electrons. The topological polar surface area (TPSA) is 59.4 Å². The van der Waals surface area contributed by atoms with E-state index in [1.165, 1.54) is 12.3 Å². The van der Waals surface area contributed by atoms with Crippen molar-refractivity contribution < 1.29 is 19.0 Å². The van der Waals surface area contributed by atoms with Gasteiger partial charge in [0.15, 0.2) is 0 Å². The van der Waals surface area contributed by atoms with Gasteiger partial charge in [-0.05, 0) is 40.2 Å². The number of nitrogens with zero attached hydrogens (tertiary/aromatic N) is 1. The van der Waals surface area contributed by atoms with Crippen LogP contribution in [0.3, 0.4) is 0 Å². The van der Waals surface area contributed by atoms with Gasteiger partial charge in [0.25, 0.3) is 0 Å². The molecule has 0 radical (unpaired) electrons. The zero-order valence-corrected chi connectivity index (χ0v) is 10.5. The number of benzene rings is 1. The maximum atomic E-state index is 13.4. The zero-order valence-electron chi connectivity index (χ0n) is 8.93. The van der Waals surface area contributed by atoms with Crippen LogP contribution in [0.25, 0.3) is 0 Å². The lowest BCUT2D eigenvalue weighted by molar-refractivity contribution is 0.0692. The summed E-state index contributed by atoms with van der Waals surface area (Å²) in [5.41, 5.74) is -0.401. The number of rotatable bonds is 3. The van der Waals surface area contributed by atoms with Crippen LogP contribution in [-0.2, 0) is 0 Å². The summed E-state index contributed by atoms with van der Waals surface area (Å²) in [5.74, 6) is -1.72. The van der Waals surface area contributed by atoms with Gasteiger partial charge in [0.2, 0.25) is 5.88 Å². The highest BCUT2D eigenvalue weighted by molar-refractivity contribution is 9.10. The van der Waals surface area contributed by atoms with Gasteiger partial charge >= 0.3 is 5.97 Å². The van der Waals surface area contributed by atoms with Crippen molar-refractivity contribution in [3.05, 3.63) is 52.4 Å². The van der Waals surface area contributed by atoms with E-state index in [4.69, 9.17) is 9.84 Å². The number of carboxylic acid groups (broad SMARTS) is 1. The van der Waals surface area contributed by atoms with E-state index in [0.29, 0.717) is 4.47 Å². The van der Waals surface area contributed by atoms with Crippen molar-refractivity contribution in [2.75, 3.05) is 0 Å². The Morgan fingerprint density at radius 3 is 2.78 bits per heavy atom. The smallest absolute Gasteiger partial charge is 0.338 e. The van der Waals surface area contributed by atoms with E-state index >= 15 is 0 Å². The Morgan fingerprint density at radius 1 is 1.39 bits per heavy atom. The molecule has 0 saturated carbocycles. The number of halogens is 2. The molecule has 1 N–H and O–H groups in total. The minimum absolute atomic E-state index is 0.178. The lowest BCUT2D eigenvalue weighted by atomic mass is 10.2. The fraction of sp³-hybridized carbons (Fsp3) is 0. The molecule has 0 fully saturated rings. The Balaban J connectivity index is 2.29. The van der Waals surface area contributed by atoms with Crippen LogP contribution < -0.4 is 4.74 Å². The van der Waals surface area contributed by atoms with Gasteiger partial charge in [-0.25, -0.2) is 14.2 Å². The zero-order chi connectivity index (χ0) is 13.1. The van der Waals surface area contributed by atoms with E-state index in [9.17, 15) is 9.18 Å². The largest absolute Gasteiger partial charge is 0.478 e. The predicted octanol–water partition coefficient (Wildman–Crippen LogP) is 3.47. The Hall–Kier alpha value is -1.95. The SMILES string of the molecule is O=C(O)c1ccc(Oc2ncccc2Br)cc1F. The fourth-order valence-electron chi connectivity index (χ4n) is 1.29. The third-order valence-corrected chi connectivity index (χ3v) is 2.71. The first kappa shape index (κ1) is 12.5. The predicted molar refractivity (Wildman–Crippen MR) is 65.4 cm³/mol. The highest BCUT2D eigenvalue weighted by Gasteiger charge is 2.12. The maximum Gasteiger partial charge on any atom is 0.338 e. The first-order chi connectivity index (χ1) is 8.58. The van der Waals surface area contributed by atoms with E-state index in [-0.39, 0.29) is 11.6 Å². The van der Waals surface area contributed by atoms with Gasteiger partial charge < -0.3 is 9.84 Å². The van der Waals surface area contributed by atoms with Gasteiger partial charge in [0, 0.05) is 12.3 Å². The summed E-state index contributed by atoms with van der Waals surface area (Å²) in [7, 11) is 0. The second-order valence-electron chi connectivity index (χ2n) is 3.34. The second kappa shape index (κ2) is 5.14. The molecule has 1 aromatic carbocycles. The third-order valence-electron chi connectivity index (χ3n) is 2.11. The summed E-state index contributed by atoms with van der Waals surface area (Å²) in [6.45, 7) is 0. The molecule has 2 aromatic rings. The molecule has 0 saturated heterocycles. The molecule has 0 aliphatic rings. The van der Waals surface area contributed by atoms with Crippen LogP contribution in [-0.4, -0.2) is 16.1 Å². The summed E-state index contributed by atoms with van der Waals surface area (Å²) in [5, 5.41) is 8.69. The highest BCUT2D eigenvalue weighted by atomic mass is 79.9. The van der Waals surface area contributed by atoms with Crippen molar-refractivity contribution in [1.29, 1.82) is 0 Å². The van der Waals surface area contributed by atoms with Crippen molar-refractivity contribution in [2.45, 2.75) is 0 Å². The summed E-state index contributed by atoms with van der Waals surface area (Å²) < 4.78 is 19.4. The van der Waals surface area contributed by atoms with E-state index < -0.39 is 17.3 Å². The van der Waals surface area contributed by atoms with Crippen LogP contribution in [0.5, 0.6) is 11.6 Å². The average Bonchev–Trinajstić information content (AvgIpc) is 2.32. The van der Waals surface area contributed by atoms with Crippen LogP contribution in [0.1, 0.15) is 10.4 Å². The molecule has 0 aliphatic carbocycles. The van der Waals surface area contributed by atoms with E-state index in [1.807, 2.05) is 0 Å². The number of aromatic nitrogens is 1. The van der Waals surface area contributed by atoms with Crippen LogP contribution in [0.2, 0.25) is 0 Å². The molecule has 2 rings (SSSR count). The summed E-state index contributed by atoms with van der Waals surface area (Å²) >= 11 is 3.23. The first-order valence-corrected chi connectivity index (χ1v) is 5.68. The van der Waals surface area contributed by atoms with Crippen molar-refractivity contribution in [3.63, 3.8) is 0 Å². The molecule has 0 amide bonds. The monoisotopic (exact) mass is 311 g/mol. The van der Waals surface area contributed by atoms with Crippen LogP contribution in [0.15, 0.2) is 41.0 Å². The van der Waals surface area contributed by atoms with Gasteiger partial charge in [-0.3, -0.25) is 0 Å². The molecule has 1 aromatic heterocycles. The number of carbonyl (C=O) groups is 1. The number of carboxylic acids is 1. The summed E-state index contributed by atoms with van der Waals surface area (Å²) in [4.78, 5) is 14.6. The van der Waals surface area contributed by atoms with Gasteiger partial charge in [0.05, 0.1) is 10.0 Å². The molecule has 0 bridgehead atoms. The molecule has 0 spiro atoms. The van der Waals surface area contributed by atoms with E-state index in [0.717, 1.165) is 12.1 Å². The Labute approximate surface area is 110 Å². The minimum atomic E-state index is -1.32. The van der Waals surface area contributed by atoms with E-state index in [1.54, 1.807) is 12.1 Å². The van der Waals surface area contributed by atoms with E-state index in [2.05, 4.69) is 20.9 Å². The molecule has 4 nitrogen and oxygen atoms in total. The Kier molecular flexibility index (Phi) is 3.57. The molecule has 0 atom stereocenters. The van der Waals surface area contributed by atoms with Crippen molar-refractivity contribution in [3.8, 4) is 11.6 Å². The Morgan fingerprint density at radius 2 is 2.17 bits per heavy atom. The summed E-state index contributed by atoms with van der Waals surface area (Å²) in [6.07, 6.45) is 1.53. The number of hydrogen-bond acceptors (Lipinski definition) is 3. The number of hydrogen-bond donors (Lipinski definition) is 1. The highest BCUT2D eigenvalue weighted by Crippen LogP contribution is 2.27. The number of pyridine rings is 1. The average molecular weight is 312 g/mol. The first-order valence-electron chi connectivity index (χ1n) is 4.89. The standard InChI is InChI=1S/C12H7BrFNO3/c13-9-2-1-5-15-11(9)18-7-3-4-8(12(16)17)10(14)6-7/h1-6H,(H,16,17). The van der Waals surface area contributed by atoms with Gasteiger partial charge in [0.1, 0.15) is 11.6 Å². The molecule has 1 heterocycles. The third kappa shape index (κ3) is 2.65. The van der Waals surface area contributed by atoms with Crippen LogP contribution >= 0.6 is 15.9 Å². The van der Waals surface area contributed by atoms with Gasteiger partial charge in [-0.1, -0.05) is 0 Å². The lowest BCUT2D eigenvalue weighted by Gasteiger charge is -2.06. The van der Waals surface area contributed by atoms with Crippen LogP contribution in [0.4, 0.5) is 4.39 Å². The van der Waals surface area contributed by atoms with Crippen molar-refractivity contribution in [1.82, 2.24) is 4.98 Å². The molecule has 0 aliphatic heterocycles. The second-order valence-corrected chi connectivity index (χ2v) is 4.19. The lowest BCUT2D eigenvalue weighted by Crippen LogP contribution is -2.00. The molecule has 18 heavy (non-hydrogen) atoms. The molecule has 0 unspecified atom stereocenters. The van der Waals surface area contributed by atoms with Crippen molar-refractivity contribution in [2.24, 2.45) is 0 Å². The number of ether oxygens (including phenoxy) is 1. The number of aromatic carboxylic acids is 1. The van der Waals surface area contributed by atoms with Crippen molar-refractivity contribution >= 4 is 21.9 Å². The van der Waals surface area contributed by atoms with Crippen LogP contribution in [0, 0.1) is 5.82 Å². The maximum absolute atomic E-state index is 13.4. The Bertz CT molecular complexity index is 604. The minimum Gasteiger partial charge on any atom is -0.478 e. The normalized spacial score (nSPS) is 10.1. The van der Waals surface area contributed by atoms with Gasteiger partial charge in [-0.2, -0.15) is 0 Å². The quantitative estimate of drug-likeness (QED) is 0.943. The summed E-state index contributed by atoms with van der Waals surface area (Å²) in [6, 6.07) is 6.96. The molecular formula is C12H7BrFNO3.